The van der Waals surface area contributed by atoms with Crippen LogP contribution in [-0.2, 0) is 15.7 Å². The summed E-state index contributed by atoms with van der Waals surface area (Å²) in [5, 5.41) is 0.565. The Hall–Kier alpha value is -0.420. The molecule has 1 aromatic rings. The van der Waals surface area contributed by atoms with Crippen LogP contribution in [0.15, 0.2) is 23.1 Å². The third-order valence-electron chi connectivity index (χ3n) is 2.48. The molecular formula is C11H14ClNO2S. The summed E-state index contributed by atoms with van der Waals surface area (Å²) < 4.78 is 19.4. The third kappa shape index (κ3) is 2.63. The summed E-state index contributed by atoms with van der Waals surface area (Å²) in [7, 11) is -1.17. The first-order valence-electron chi connectivity index (χ1n) is 5.19. The first-order chi connectivity index (χ1) is 7.68. The highest BCUT2D eigenvalue weighted by atomic mass is 35.5. The molecule has 0 spiro atoms. The number of halogens is 1. The van der Waals surface area contributed by atoms with Crippen LogP contribution in [0, 0.1) is 6.92 Å². The Labute approximate surface area is 103 Å². The molecule has 2 rings (SSSR count). The molecule has 0 bridgehead atoms. The molecule has 5 heteroatoms. The third-order valence-corrected chi connectivity index (χ3v) is 4.47. The number of morpholine rings is 1. The lowest BCUT2D eigenvalue weighted by Gasteiger charge is -2.25. The molecule has 1 saturated heterocycles. The Balaban J connectivity index is 2.22. The number of hydrogen-bond acceptors (Lipinski definition) is 2. The Morgan fingerprint density at radius 3 is 2.75 bits per heavy atom. The van der Waals surface area contributed by atoms with Gasteiger partial charge in [-0.25, -0.2) is 8.51 Å². The highest BCUT2D eigenvalue weighted by molar-refractivity contribution is 7.82. The molecule has 1 fully saturated rings. The van der Waals surface area contributed by atoms with Gasteiger partial charge in [0.2, 0.25) is 0 Å². The van der Waals surface area contributed by atoms with Gasteiger partial charge >= 0.3 is 0 Å². The zero-order valence-corrected chi connectivity index (χ0v) is 10.7. The normalized spacial score (nSPS) is 19.6. The Bertz CT molecular complexity index is 405. The van der Waals surface area contributed by atoms with Crippen molar-refractivity contribution in [2.75, 3.05) is 26.3 Å². The maximum Gasteiger partial charge on any atom is 0.129 e. The van der Waals surface area contributed by atoms with E-state index in [1.807, 2.05) is 23.4 Å². The molecule has 0 saturated carbocycles. The second-order valence-corrected chi connectivity index (χ2v) is 5.59. The molecule has 0 radical (unpaired) electrons. The lowest BCUT2D eigenvalue weighted by atomic mass is 10.2. The van der Waals surface area contributed by atoms with Crippen molar-refractivity contribution in [3.63, 3.8) is 0 Å². The number of ether oxygens (including phenoxy) is 1. The summed E-state index contributed by atoms with van der Waals surface area (Å²) in [5.41, 5.74) is 1.07. The molecule has 1 aliphatic heterocycles. The molecular weight excluding hydrogens is 246 g/mol. The molecule has 0 aromatic heterocycles. The van der Waals surface area contributed by atoms with Crippen molar-refractivity contribution >= 4 is 22.6 Å². The van der Waals surface area contributed by atoms with E-state index in [0.29, 0.717) is 36.2 Å². The average Bonchev–Trinajstić information content (AvgIpc) is 2.32. The van der Waals surface area contributed by atoms with Crippen LogP contribution in [0.4, 0.5) is 0 Å². The predicted molar refractivity (Wildman–Crippen MR) is 65.0 cm³/mol. The van der Waals surface area contributed by atoms with Crippen molar-refractivity contribution in [1.82, 2.24) is 4.31 Å². The Morgan fingerprint density at radius 1 is 1.38 bits per heavy atom. The van der Waals surface area contributed by atoms with Gasteiger partial charge in [0, 0.05) is 13.1 Å². The fourth-order valence-corrected chi connectivity index (χ4v) is 3.19. The van der Waals surface area contributed by atoms with E-state index in [0.717, 1.165) is 5.56 Å². The minimum absolute atomic E-state index is 0.565. The summed E-state index contributed by atoms with van der Waals surface area (Å²) in [6, 6.07) is 5.60. The van der Waals surface area contributed by atoms with Gasteiger partial charge in [0.15, 0.2) is 0 Å². The van der Waals surface area contributed by atoms with Crippen LogP contribution in [0.3, 0.4) is 0 Å². The summed E-state index contributed by atoms with van der Waals surface area (Å²) in [6.45, 7) is 4.62. The van der Waals surface area contributed by atoms with Gasteiger partial charge in [0.1, 0.15) is 11.0 Å². The standard InChI is InChI=1S/C11H14ClNO2S/c1-9-2-3-10(12)11(8-9)16(14)13-4-6-15-7-5-13/h2-3,8H,4-7H2,1H3. The van der Waals surface area contributed by atoms with Crippen molar-refractivity contribution in [2.45, 2.75) is 11.8 Å². The maximum absolute atomic E-state index is 12.3. The first-order valence-corrected chi connectivity index (χ1v) is 6.67. The summed E-state index contributed by atoms with van der Waals surface area (Å²) in [6.07, 6.45) is 0. The quantitative estimate of drug-likeness (QED) is 0.813. The summed E-state index contributed by atoms with van der Waals surface area (Å²) in [4.78, 5) is 0.698. The number of rotatable bonds is 2. The second-order valence-electron chi connectivity index (χ2n) is 3.72. The molecule has 16 heavy (non-hydrogen) atoms. The zero-order chi connectivity index (χ0) is 11.5. The average molecular weight is 260 g/mol. The molecule has 1 aromatic carbocycles. The number of hydrogen-bond donors (Lipinski definition) is 0. The van der Waals surface area contributed by atoms with E-state index >= 15 is 0 Å². The monoisotopic (exact) mass is 259 g/mol. The van der Waals surface area contributed by atoms with E-state index < -0.39 is 11.0 Å². The highest BCUT2D eigenvalue weighted by Crippen LogP contribution is 2.23. The van der Waals surface area contributed by atoms with Crippen LogP contribution in [0.2, 0.25) is 5.02 Å². The molecule has 1 atom stereocenters. The molecule has 0 N–H and O–H groups in total. The molecule has 0 amide bonds. The van der Waals surface area contributed by atoms with Crippen molar-refractivity contribution in [1.29, 1.82) is 0 Å². The molecule has 0 aliphatic carbocycles. The topological polar surface area (TPSA) is 29.5 Å². The van der Waals surface area contributed by atoms with Gasteiger partial charge in [-0.3, -0.25) is 0 Å². The van der Waals surface area contributed by atoms with Crippen molar-refractivity contribution in [2.24, 2.45) is 0 Å². The van der Waals surface area contributed by atoms with Gasteiger partial charge in [-0.05, 0) is 24.6 Å². The fourth-order valence-electron chi connectivity index (χ4n) is 1.60. The van der Waals surface area contributed by atoms with E-state index in [-0.39, 0.29) is 0 Å². The maximum atomic E-state index is 12.3. The number of benzene rings is 1. The van der Waals surface area contributed by atoms with Crippen LogP contribution < -0.4 is 0 Å². The minimum atomic E-state index is -1.17. The van der Waals surface area contributed by atoms with Gasteiger partial charge < -0.3 is 4.74 Å². The smallest absolute Gasteiger partial charge is 0.129 e. The fraction of sp³-hybridized carbons (Fsp3) is 0.455. The van der Waals surface area contributed by atoms with Crippen LogP contribution in [0.5, 0.6) is 0 Å². The molecule has 1 aliphatic rings. The lowest BCUT2D eigenvalue weighted by Crippen LogP contribution is -2.37. The van der Waals surface area contributed by atoms with Crippen LogP contribution in [0.25, 0.3) is 0 Å². The molecule has 1 heterocycles. The molecule has 1 unspecified atom stereocenters. The second kappa shape index (κ2) is 5.27. The van der Waals surface area contributed by atoms with Crippen molar-refractivity contribution < 1.29 is 8.95 Å². The van der Waals surface area contributed by atoms with Crippen LogP contribution >= 0.6 is 11.6 Å². The zero-order valence-electron chi connectivity index (χ0n) is 9.11. The summed E-state index contributed by atoms with van der Waals surface area (Å²) >= 11 is 6.06. The van der Waals surface area contributed by atoms with Crippen LogP contribution in [0.1, 0.15) is 5.56 Å². The number of nitrogens with zero attached hydrogens (tertiary/aromatic N) is 1. The lowest BCUT2D eigenvalue weighted by molar-refractivity contribution is 0.0752. The SMILES string of the molecule is Cc1ccc(Cl)c(S(=O)N2CCOCC2)c1. The Kier molecular flexibility index (Phi) is 3.97. The van der Waals surface area contributed by atoms with Crippen molar-refractivity contribution in [3.05, 3.63) is 28.8 Å². The van der Waals surface area contributed by atoms with E-state index in [1.54, 1.807) is 6.07 Å². The first kappa shape index (κ1) is 12.0. The molecule has 88 valence electrons. The number of aryl methyl sites for hydroxylation is 1. The van der Waals surface area contributed by atoms with Gasteiger partial charge in [0.05, 0.1) is 23.1 Å². The van der Waals surface area contributed by atoms with Gasteiger partial charge in [-0.15, -0.1) is 0 Å². The Morgan fingerprint density at radius 2 is 2.06 bits per heavy atom. The summed E-state index contributed by atoms with van der Waals surface area (Å²) in [5.74, 6) is 0. The van der Waals surface area contributed by atoms with Gasteiger partial charge in [0.25, 0.3) is 0 Å². The van der Waals surface area contributed by atoms with Crippen LogP contribution in [-0.4, -0.2) is 34.8 Å². The van der Waals surface area contributed by atoms with Crippen molar-refractivity contribution in [3.8, 4) is 0 Å². The van der Waals surface area contributed by atoms with E-state index in [4.69, 9.17) is 16.3 Å². The van der Waals surface area contributed by atoms with E-state index in [9.17, 15) is 4.21 Å². The van der Waals surface area contributed by atoms with Gasteiger partial charge in [-0.2, -0.15) is 0 Å². The van der Waals surface area contributed by atoms with Gasteiger partial charge in [-0.1, -0.05) is 17.7 Å². The predicted octanol–water partition coefficient (Wildman–Crippen LogP) is 2.00. The van der Waals surface area contributed by atoms with E-state index in [2.05, 4.69) is 0 Å². The largest absolute Gasteiger partial charge is 0.379 e. The minimum Gasteiger partial charge on any atom is -0.379 e. The van der Waals surface area contributed by atoms with E-state index in [1.165, 1.54) is 0 Å². The molecule has 3 nitrogen and oxygen atoms in total. The highest BCUT2D eigenvalue weighted by Gasteiger charge is 2.20.